The highest BCUT2D eigenvalue weighted by molar-refractivity contribution is 5.97. The molecule has 0 unspecified atom stereocenters. The number of hydrogen-bond acceptors (Lipinski definition) is 2. The van der Waals surface area contributed by atoms with Crippen molar-refractivity contribution >= 4 is 5.71 Å². The molecule has 1 heterocycles. The van der Waals surface area contributed by atoms with Gasteiger partial charge in [-0.2, -0.15) is 0 Å². The summed E-state index contributed by atoms with van der Waals surface area (Å²) in [6, 6.07) is 0. The quantitative estimate of drug-likeness (QED) is 0.421. The molecule has 0 fully saturated rings. The van der Waals surface area contributed by atoms with Crippen molar-refractivity contribution in [2.75, 3.05) is 13.1 Å². The largest absolute Gasteiger partial charge is 0.312 e. The molecular formula is C9H12N2. The van der Waals surface area contributed by atoms with E-state index in [1.54, 1.807) is 6.92 Å². The lowest BCUT2D eigenvalue weighted by atomic mass is 9.99. The number of hydrogen-bond donors (Lipinski definition) is 2. The first kappa shape index (κ1) is 8.03. The van der Waals surface area contributed by atoms with Crippen molar-refractivity contribution in [3.05, 3.63) is 11.1 Å². The van der Waals surface area contributed by atoms with Gasteiger partial charge in [-0.3, -0.25) is 0 Å². The van der Waals surface area contributed by atoms with E-state index in [4.69, 9.17) is 11.8 Å². The van der Waals surface area contributed by atoms with E-state index >= 15 is 0 Å². The van der Waals surface area contributed by atoms with E-state index in [1.807, 2.05) is 0 Å². The molecule has 1 rings (SSSR count). The van der Waals surface area contributed by atoms with Gasteiger partial charge < -0.3 is 10.7 Å². The summed E-state index contributed by atoms with van der Waals surface area (Å²) in [6.07, 6.45) is 6.19. The maximum atomic E-state index is 7.43. The van der Waals surface area contributed by atoms with Crippen molar-refractivity contribution in [2.45, 2.75) is 13.3 Å². The minimum atomic E-state index is 0.588. The van der Waals surface area contributed by atoms with Crippen LogP contribution >= 0.6 is 0 Å². The van der Waals surface area contributed by atoms with Gasteiger partial charge in [-0.1, -0.05) is 5.92 Å². The molecule has 0 bridgehead atoms. The van der Waals surface area contributed by atoms with Crippen LogP contribution in [0.1, 0.15) is 13.3 Å². The molecule has 0 aromatic rings. The third-order valence-electron chi connectivity index (χ3n) is 1.84. The van der Waals surface area contributed by atoms with Crippen molar-refractivity contribution in [3.8, 4) is 12.3 Å². The van der Waals surface area contributed by atoms with Gasteiger partial charge in [-0.15, -0.1) is 6.42 Å². The minimum absolute atomic E-state index is 0.588. The summed E-state index contributed by atoms with van der Waals surface area (Å²) >= 11 is 0. The second-order valence-electron chi connectivity index (χ2n) is 2.65. The molecule has 11 heavy (non-hydrogen) atoms. The summed E-state index contributed by atoms with van der Waals surface area (Å²) in [5, 5.41) is 10.6. The average Bonchev–Trinajstić information content (AvgIpc) is 2.04. The predicted molar refractivity (Wildman–Crippen MR) is 46.7 cm³/mol. The highest BCUT2D eigenvalue weighted by Gasteiger charge is 2.11. The Bertz CT molecular complexity index is 243. The first-order chi connectivity index (χ1) is 5.25. The van der Waals surface area contributed by atoms with Crippen LogP contribution in [0.2, 0.25) is 0 Å². The van der Waals surface area contributed by atoms with Gasteiger partial charge in [0.05, 0.1) is 0 Å². The SMILES string of the molecule is C#CC1=C(C(C)=N)CNCC1. The van der Waals surface area contributed by atoms with Crippen LogP contribution in [0.4, 0.5) is 0 Å². The molecule has 0 saturated carbocycles. The Kier molecular flexibility index (Phi) is 2.45. The van der Waals surface area contributed by atoms with Gasteiger partial charge in [0, 0.05) is 24.4 Å². The van der Waals surface area contributed by atoms with E-state index in [-0.39, 0.29) is 0 Å². The van der Waals surface area contributed by atoms with E-state index in [2.05, 4.69) is 11.2 Å². The summed E-state index contributed by atoms with van der Waals surface area (Å²) in [5.41, 5.74) is 2.58. The summed E-state index contributed by atoms with van der Waals surface area (Å²) < 4.78 is 0. The molecule has 2 heteroatoms. The van der Waals surface area contributed by atoms with Crippen molar-refractivity contribution in [3.63, 3.8) is 0 Å². The standard InChI is InChI=1S/C9H12N2/c1-3-8-4-5-11-6-9(8)7(2)10/h1,10-11H,4-6H2,2H3. The monoisotopic (exact) mass is 148 g/mol. The van der Waals surface area contributed by atoms with Gasteiger partial charge in [-0.25, -0.2) is 0 Å². The topological polar surface area (TPSA) is 35.9 Å². The van der Waals surface area contributed by atoms with E-state index in [9.17, 15) is 0 Å². The second-order valence-corrected chi connectivity index (χ2v) is 2.65. The molecule has 1 aliphatic heterocycles. The Hall–Kier alpha value is -1.07. The molecule has 0 aromatic carbocycles. The van der Waals surface area contributed by atoms with Crippen molar-refractivity contribution in [1.82, 2.24) is 5.32 Å². The lowest BCUT2D eigenvalue weighted by Gasteiger charge is -2.16. The van der Waals surface area contributed by atoms with Gasteiger partial charge in [0.15, 0.2) is 0 Å². The molecule has 0 aliphatic carbocycles. The molecule has 0 saturated heterocycles. The lowest BCUT2D eigenvalue weighted by Crippen LogP contribution is -2.27. The maximum absolute atomic E-state index is 7.43. The molecule has 0 spiro atoms. The van der Waals surface area contributed by atoms with Crippen LogP contribution in [-0.2, 0) is 0 Å². The third kappa shape index (κ3) is 1.69. The first-order valence-corrected chi connectivity index (χ1v) is 3.70. The molecule has 1 aliphatic rings. The lowest BCUT2D eigenvalue weighted by molar-refractivity contribution is 0.702. The van der Waals surface area contributed by atoms with Crippen LogP contribution in [-0.4, -0.2) is 18.8 Å². The van der Waals surface area contributed by atoms with Gasteiger partial charge in [0.25, 0.3) is 0 Å². The molecule has 58 valence electrons. The summed E-state index contributed by atoms with van der Waals surface area (Å²) in [4.78, 5) is 0. The fourth-order valence-electron chi connectivity index (χ4n) is 1.20. The van der Waals surface area contributed by atoms with Crippen LogP contribution in [0.3, 0.4) is 0 Å². The van der Waals surface area contributed by atoms with Crippen LogP contribution in [0.25, 0.3) is 0 Å². The van der Waals surface area contributed by atoms with Gasteiger partial charge >= 0.3 is 0 Å². The van der Waals surface area contributed by atoms with E-state index in [0.29, 0.717) is 5.71 Å². The van der Waals surface area contributed by atoms with Crippen LogP contribution in [0, 0.1) is 17.8 Å². The Balaban J connectivity index is 2.93. The summed E-state index contributed by atoms with van der Waals surface area (Å²) in [5.74, 6) is 2.63. The van der Waals surface area contributed by atoms with Crippen LogP contribution in [0.15, 0.2) is 11.1 Å². The molecule has 0 atom stereocenters. The maximum Gasteiger partial charge on any atom is 0.0337 e. The smallest absolute Gasteiger partial charge is 0.0337 e. The first-order valence-electron chi connectivity index (χ1n) is 3.70. The van der Waals surface area contributed by atoms with Crippen molar-refractivity contribution < 1.29 is 0 Å². The summed E-state index contributed by atoms with van der Waals surface area (Å²) in [6.45, 7) is 3.48. The fourth-order valence-corrected chi connectivity index (χ4v) is 1.20. The third-order valence-corrected chi connectivity index (χ3v) is 1.84. The van der Waals surface area contributed by atoms with Crippen LogP contribution < -0.4 is 5.32 Å². The van der Waals surface area contributed by atoms with Gasteiger partial charge in [0.1, 0.15) is 0 Å². The van der Waals surface area contributed by atoms with E-state index in [1.165, 1.54) is 0 Å². The minimum Gasteiger partial charge on any atom is -0.312 e. The van der Waals surface area contributed by atoms with E-state index in [0.717, 1.165) is 30.7 Å². The van der Waals surface area contributed by atoms with E-state index < -0.39 is 0 Å². The molecule has 0 aromatic heterocycles. The zero-order valence-electron chi connectivity index (χ0n) is 6.70. The number of rotatable bonds is 1. The Labute approximate surface area is 67.2 Å². The van der Waals surface area contributed by atoms with Gasteiger partial charge in [0.2, 0.25) is 0 Å². The highest BCUT2D eigenvalue weighted by Crippen LogP contribution is 2.11. The summed E-state index contributed by atoms with van der Waals surface area (Å²) in [7, 11) is 0. The Morgan fingerprint density at radius 1 is 1.73 bits per heavy atom. The molecule has 0 radical (unpaired) electrons. The Morgan fingerprint density at radius 2 is 2.45 bits per heavy atom. The highest BCUT2D eigenvalue weighted by atomic mass is 14.9. The normalized spacial score (nSPS) is 17.8. The second kappa shape index (κ2) is 3.36. The molecule has 0 amide bonds. The number of nitrogens with one attached hydrogen (secondary N) is 2. The fraction of sp³-hybridized carbons (Fsp3) is 0.444. The zero-order valence-corrected chi connectivity index (χ0v) is 6.70. The average molecular weight is 148 g/mol. The zero-order chi connectivity index (χ0) is 8.27. The molecule has 2 nitrogen and oxygen atoms in total. The molecule has 2 N–H and O–H groups in total. The number of terminal acetylenes is 1. The van der Waals surface area contributed by atoms with Crippen LogP contribution in [0.5, 0.6) is 0 Å². The predicted octanol–water partition coefficient (Wildman–Crippen LogP) is 0.949. The Morgan fingerprint density at radius 3 is 2.91 bits per heavy atom. The van der Waals surface area contributed by atoms with Gasteiger partial charge in [-0.05, 0) is 18.9 Å². The van der Waals surface area contributed by atoms with Crippen molar-refractivity contribution in [1.29, 1.82) is 5.41 Å². The molecular weight excluding hydrogens is 136 g/mol. The van der Waals surface area contributed by atoms with Crippen molar-refractivity contribution in [2.24, 2.45) is 0 Å².